The van der Waals surface area contributed by atoms with Crippen LogP contribution in [0, 0.1) is 17.0 Å². The van der Waals surface area contributed by atoms with Gasteiger partial charge < -0.3 is 5.21 Å². The van der Waals surface area contributed by atoms with E-state index in [9.17, 15) is 0 Å². The molecule has 1 rings (SSSR count). The first-order valence-corrected chi connectivity index (χ1v) is 4.92. The molecule has 1 aromatic heterocycles. The van der Waals surface area contributed by atoms with Crippen molar-refractivity contribution in [1.29, 1.82) is 0 Å². The molecule has 0 aliphatic heterocycles. The van der Waals surface area contributed by atoms with Crippen LogP contribution in [0.2, 0.25) is 0 Å². The third-order valence-corrected chi connectivity index (χ3v) is 0.809. The minimum Gasteiger partial charge on any atom is -0.328 e. The van der Waals surface area contributed by atoms with Gasteiger partial charge in [0.15, 0.2) is 0 Å². The highest BCUT2D eigenvalue weighted by Gasteiger charge is 1.84. The van der Waals surface area contributed by atoms with Crippen molar-refractivity contribution in [3.8, 4) is 0 Å². The summed E-state index contributed by atoms with van der Waals surface area (Å²) in [5.41, 5.74) is 1.21. The molecule has 9 nitrogen and oxygen atoms in total. The lowest BCUT2D eigenvalue weighted by Gasteiger charge is -1.82. The van der Waals surface area contributed by atoms with Crippen LogP contribution in [-0.2, 0) is 10.4 Å². The van der Waals surface area contributed by atoms with Gasteiger partial charge in [0.05, 0.1) is 0 Å². The summed E-state index contributed by atoms with van der Waals surface area (Å²) in [5.74, 6) is 0. The van der Waals surface area contributed by atoms with Gasteiger partial charge in [0.25, 0.3) is 5.09 Å². The molecule has 0 aliphatic carbocycles. The zero-order chi connectivity index (χ0) is 13.2. The normalized spacial score (nSPS) is 8.94. The van der Waals surface area contributed by atoms with Crippen LogP contribution < -0.4 is 0 Å². The van der Waals surface area contributed by atoms with Gasteiger partial charge in [-0.3, -0.25) is 14.1 Å². The van der Waals surface area contributed by atoms with Crippen molar-refractivity contribution in [3.05, 3.63) is 40.2 Å². The van der Waals surface area contributed by atoms with Gasteiger partial charge >= 0.3 is 10.4 Å². The van der Waals surface area contributed by atoms with Gasteiger partial charge in [-0.2, -0.15) is 8.42 Å². The SMILES string of the molecule is Cc1cccnc1.O=S(=O)(O)O.O=[N+]([O-])O. The monoisotopic (exact) mass is 254 g/mol. The Hall–Kier alpha value is -1.78. The summed E-state index contributed by atoms with van der Waals surface area (Å²) in [6.45, 7) is 2.02. The van der Waals surface area contributed by atoms with Crippen molar-refractivity contribution >= 4 is 10.4 Å². The van der Waals surface area contributed by atoms with Crippen LogP contribution in [0.25, 0.3) is 0 Å². The van der Waals surface area contributed by atoms with Gasteiger partial charge in [-0.1, -0.05) is 6.07 Å². The zero-order valence-corrected chi connectivity index (χ0v) is 8.90. The Kier molecular flexibility index (Phi) is 8.86. The van der Waals surface area contributed by atoms with Crippen LogP contribution in [0.5, 0.6) is 0 Å². The molecule has 16 heavy (non-hydrogen) atoms. The van der Waals surface area contributed by atoms with E-state index < -0.39 is 15.5 Å². The Labute approximate surface area is 91.1 Å². The summed E-state index contributed by atoms with van der Waals surface area (Å²) in [4.78, 5) is 12.2. The van der Waals surface area contributed by atoms with E-state index in [1.165, 1.54) is 5.56 Å². The van der Waals surface area contributed by atoms with Crippen LogP contribution in [-0.4, -0.2) is 32.8 Å². The van der Waals surface area contributed by atoms with Crippen LogP contribution in [0.15, 0.2) is 24.5 Å². The summed E-state index contributed by atoms with van der Waals surface area (Å²) in [5, 5.41) is 13.6. The van der Waals surface area contributed by atoms with Gasteiger partial charge in [0.1, 0.15) is 0 Å². The Morgan fingerprint density at radius 3 is 1.94 bits per heavy atom. The highest BCUT2D eigenvalue weighted by atomic mass is 32.3. The van der Waals surface area contributed by atoms with E-state index in [0.29, 0.717) is 0 Å². The second-order valence-corrected chi connectivity index (χ2v) is 3.11. The molecule has 0 amide bonds. The number of aryl methyl sites for hydroxylation is 1. The van der Waals surface area contributed by atoms with Crippen LogP contribution in [0.1, 0.15) is 5.56 Å². The smallest absolute Gasteiger partial charge is 0.328 e. The van der Waals surface area contributed by atoms with Gasteiger partial charge in [-0.05, 0) is 18.6 Å². The maximum Gasteiger partial charge on any atom is 0.394 e. The second-order valence-electron chi connectivity index (χ2n) is 2.22. The fraction of sp³-hybridized carbons (Fsp3) is 0.167. The lowest BCUT2D eigenvalue weighted by molar-refractivity contribution is -0.742. The summed E-state index contributed by atoms with van der Waals surface area (Å²) in [6.07, 6.45) is 3.60. The number of rotatable bonds is 0. The van der Waals surface area contributed by atoms with Crippen LogP contribution in [0.4, 0.5) is 0 Å². The lowest BCUT2D eigenvalue weighted by atomic mass is 10.3. The molecule has 0 fully saturated rings. The van der Waals surface area contributed by atoms with Gasteiger partial charge in [-0.15, -0.1) is 10.1 Å². The van der Waals surface area contributed by atoms with E-state index in [4.69, 9.17) is 32.8 Å². The molecular weight excluding hydrogens is 244 g/mol. The number of aromatic nitrogens is 1. The average molecular weight is 254 g/mol. The molecular formula is C6H10N2O7S. The predicted molar refractivity (Wildman–Crippen MR) is 51.9 cm³/mol. The maximum absolute atomic E-state index is 8.74. The van der Waals surface area contributed by atoms with Gasteiger partial charge in [0.2, 0.25) is 0 Å². The first-order chi connectivity index (χ1) is 7.13. The van der Waals surface area contributed by atoms with E-state index in [0.717, 1.165) is 0 Å². The van der Waals surface area contributed by atoms with Crippen molar-refractivity contribution < 1.29 is 27.8 Å². The summed E-state index contributed by atoms with van der Waals surface area (Å²) in [6, 6.07) is 3.95. The highest BCUT2D eigenvalue weighted by molar-refractivity contribution is 7.79. The van der Waals surface area contributed by atoms with Crippen molar-refractivity contribution in [2.24, 2.45) is 0 Å². The molecule has 0 atom stereocenters. The highest BCUT2D eigenvalue weighted by Crippen LogP contribution is 1.88. The Morgan fingerprint density at radius 2 is 1.81 bits per heavy atom. The molecule has 0 unspecified atom stereocenters. The largest absolute Gasteiger partial charge is 0.394 e. The fourth-order valence-electron chi connectivity index (χ4n) is 0.448. The number of nitrogens with zero attached hydrogens (tertiary/aromatic N) is 2. The second kappa shape index (κ2) is 8.52. The number of hydrogen-bond acceptors (Lipinski definition) is 5. The van der Waals surface area contributed by atoms with E-state index in [2.05, 4.69) is 4.98 Å². The Bertz CT molecular complexity index is 379. The minimum absolute atomic E-state index is 1.21. The first-order valence-electron chi connectivity index (χ1n) is 3.52. The summed E-state index contributed by atoms with van der Waals surface area (Å²) < 4.78 is 31.6. The molecule has 1 heterocycles. The summed E-state index contributed by atoms with van der Waals surface area (Å²) in [7, 11) is -4.67. The Balaban J connectivity index is 0. The Morgan fingerprint density at radius 1 is 1.44 bits per heavy atom. The third-order valence-electron chi connectivity index (χ3n) is 0.809. The molecule has 3 N–H and O–H groups in total. The quantitative estimate of drug-likeness (QED) is 0.341. The van der Waals surface area contributed by atoms with E-state index in [-0.39, 0.29) is 0 Å². The lowest BCUT2D eigenvalue weighted by Crippen LogP contribution is -1.89. The van der Waals surface area contributed by atoms with Gasteiger partial charge in [0, 0.05) is 12.4 Å². The van der Waals surface area contributed by atoms with Crippen molar-refractivity contribution in [2.45, 2.75) is 6.92 Å². The van der Waals surface area contributed by atoms with Crippen LogP contribution in [0.3, 0.4) is 0 Å². The standard InChI is InChI=1S/C6H7N.HNO3.H2O4S/c1-6-3-2-4-7-5-6;2-1(3)4;1-5(2,3)4/h2-5H,1H3;(H,2,3,4);(H2,1,2,3,4). The molecule has 92 valence electrons. The average Bonchev–Trinajstić information content (AvgIpc) is 2.00. The number of pyridine rings is 1. The summed E-state index contributed by atoms with van der Waals surface area (Å²) >= 11 is 0. The van der Waals surface area contributed by atoms with E-state index in [1.807, 2.05) is 25.3 Å². The molecule has 0 radical (unpaired) electrons. The molecule has 0 aliphatic rings. The van der Waals surface area contributed by atoms with Crippen molar-refractivity contribution in [1.82, 2.24) is 4.98 Å². The van der Waals surface area contributed by atoms with E-state index in [1.54, 1.807) is 6.20 Å². The van der Waals surface area contributed by atoms with Crippen molar-refractivity contribution in [2.75, 3.05) is 0 Å². The van der Waals surface area contributed by atoms with E-state index >= 15 is 0 Å². The molecule has 0 saturated carbocycles. The van der Waals surface area contributed by atoms with Crippen molar-refractivity contribution in [3.63, 3.8) is 0 Å². The maximum atomic E-state index is 8.74. The molecule has 0 bridgehead atoms. The number of hydrogen-bond donors (Lipinski definition) is 3. The minimum atomic E-state index is -4.67. The molecule has 0 aromatic carbocycles. The predicted octanol–water partition coefficient (Wildman–Crippen LogP) is 0.390. The fourth-order valence-corrected chi connectivity index (χ4v) is 0.448. The topological polar surface area (TPSA) is 151 Å². The molecule has 0 spiro atoms. The third kappa shape index (κ3) is 39.8. The molecule has 1 aromatic rings. The molecule has 10 heteroatoms. The molecule has 0 saturated heterocycles. The van der Waals surface area contributed by atoms with Crippen LogP contribution >= 0.6 is 0 Å². The zero-order valence-electron chi connectivity index (χ0n) is 8.09. The first kappa shape index (κ1) is 16.6. The van der Waals surface area contributed by atoms with Gasteiger partial charge in [-0.25, -0.2) is 0 Å².